The summed E-state index contributed by atoms with van der Waals surface area (Å²) in [7, 11) is 3.15. The van der Waals surface area contributed by atoms with E-state index in [1.807, 2.05) is 0 Å². The second-order valence-electron chi connectivity index (χ2n) is 3.08. The molecule has 0 saturated carbocycles. The molecule has 0 atom stereocenters. The smallest absolute Gasteiger partial charge is 0.248 e. The number of aromatic amines is 1. The Hall–Kier alpha value is -1.97. The second-order valence-corrected chi connectivity index (χ2v) is 3.08. The molecule has 0 aliphatic carbocycles. The standard InChI is InChI=1S/C11H11NO3/c1-14-9-5-4-8-7(11(9)15-2)3-6-10(13)12-8/h3-6H,1-2H3,(H,12,13). The first kappa shape index (κ1) is 9.58. The lowest BCUT2D eigenvalue weighted by atomic mass is 10.2. The molecular weight excluding hydrogens is 194 g/mol. The van der Waals surface area contributed by atoms with E-state index in [0.717, 1.165) is 10.9 Å². The maximum absolute atomic E-state index is 11.1. The Balaban J connectivity index is 2.82. The van der Waals surface area contributed by atoms with Crippen LogP contribution in [0.5, 0.6) is 11.5 Å². The van der Waals surface area contributed by atoms with Crippen LogP contribution >= 0.6 is 0 Å². The zero-order valence-electron chi connectivity index (χ0n) is 8.53. The Bertz CT molecular complexity index is 545. The minimum atomic E-state index is -0.130. The number of rotatable bonds is 2. The highest BCUT2D eigenvalue weighted by Gasteiger charge is 2.08. The van der Waals surface area contributed by atoms with Gasteiger partial charge in [-0.1, -0.05) is 0 Å². The Morgan fingerprint density at radius 1 is 1.07 bits per heavy atom. The van der Waals surface area contributed by atoms with Gasteiger partial charge in [-0.2, -0.15) is 0 Å². The van der Waals surface area contributed by atoms with Gasteiger partial charge in [-0.15, -0.1) is 0 Å². The van der Waals surface area contributed by atoms with Gasteiger partial charge in [-0.05, 0) is 18.2 Å². The van der Waals surface area contributed by atoms with Crippen LogP contribution in [-0.2, 0) is 0 Å². The topological polar surface area (TPSA) is 51.3 Å². The van der Waals surface area contributed by atoms with Crippen LogP contribution in [0.3, 0.4) is 0 Å². The second kappa shape index (κ2) is 3.65. The fraction of sp³-hybridized carbons (Fsp3) is 0.182. The van der Waals surface area contributed by atoms with Gasteiger partial charge in [0.2, 0.25) is 5.56 Å². The monoisotopic (exact) mass is 205 g/mol. The van der Waals surface area contributed by atoms with Crippen molar-refractivity contribution in [2.24, 2.45) is 0 Å². The summed E-state index contributed by atoms with van der Waals surface area (Å²) in [6, 6.07) is 6.73. The number of hydrogen-bond donors (Lipinski definition) is 1. The van der Waals surface area contributed by atoms with E-state index in [-0.39, 0.29) is 5.56 Å². The summed E-state index contributed by atoms with van der Waals surface area (Å²) < 4.78 is 10.4. The first-order valence-corrected chi connectivity index (χ1v) is 4.50. The molecule has 0 spiro atoms. The molecule has 0 bridgehead atoms. The number of pyridine rings is 1. The molecule has 0 aliphatic rings. The van der Waals surface area contributed by atoms with Gasteiger partial charge in [-0.25, -0.2) is 0 Å². The molecule has 0 unspecified atom stereocenters. The van der Waals surface area contributed by atoms with Crippen LogP contribution in [0.2, 0.25) is 0 Å². The van der Waals surface area contributed by atoms with Crippen molar-refractivity contribution in [2.45, 2.75) is 0 Å². The summed E-state index contributed by atoms with van der Waals surface area (Å²) in [5, 5.41) is 0.830. The Kier molecular flexibility index (Phi) is 2.33. The van der Waals surface area contributed by atoms with Crippen LogP contribution in [-0.4, -0.2) is 19.2 Å². The number of benzene rings is 1. The summed E-state index contributed by atoms with van der Waals surface area (Å²) in [5.74, 6) is 1.28. The third-order valence-electron chi connectivity index (χ3n) is 2.24. The van der Waals surface area contributed by atoms with Crippen LogP contribution in [0.15, 0.2) is 29.1 Å². The molecule has 2 rings (SSSR count). The first-order chi connectivity index (χ1) is 7.26. The third kappa shape index (κ3) is 1.54. The average molecular weight is 205 g/mol. The normalized spacial score (nSPS) is 10.3. The number of H-pyrrole nitrogens is 1. The van der Waals surface area contributed by atoms with Crippen molar-refractivity contribution in [2.75, 3.05) is 14.2 Å². The lowest BCUT2D eigenvalue weighted by molar-refractivity contribution is 0.358. The molecule has 0 radical (unpaired) electrons. The number of nitrogens with one attached hydrogen (secondary N) is 1. The molecule has 0 aliphatic heterocycles. The molecule has 4 heteroatoms. The molecule has 1 aromatic heterocycles. The number of ether oxygens (including phenoxy) is 2. The maximum atomic E-state index is 11.1. The summed E-state index contributed by atoms with van der Waals surface area (Å²) >= 11 is 0. The predicted molar refractivity (Wildman–Crippen MR) is 57.7 cm³/mol. The van der Waals surface area contributed by atoms with Crippen LogP contribution in [0.4, 0.5) is 0 Å². The van der Waals surface area contributed by atoms with Crippen molar-refractivity contribution in [3.8, 4) is 11.5 Å². The summed E-state index contributed by atoms with van der Waals surface area (Å²) in [4.78, 5) is 13.8. The van der Waals surface area contributed by atoms with E-state index in [0.29, 0.717) is 11.5 Å². The molecular formula is C11H11NO3. The Morgan fingerprint density at radius 3 is 2.53 bits per heavy atom. The maximum Gasteiger partial charge on any atom is 0.248 e. The summed E-state index contributed by atoms with van der Waals surface area (Å²) in [6.45, 7) is 0. The largest absolute Gasteiger partial charge is 0.493 e. The molecule has 0 fully saturated rings. The van der Waals surface area contributed by atoms with Gasteiger partial charge in [0, 0.05) is 11.5 Å². The van der Waals surface area contributed by atoms with E-state index in [1.54, 1.807) is 32.4 Å². The van der Waals surface area contributed by atoms with E-state index in [2.05, 4.69) is 4.98 Å². The number of aromatic nitrogens is 1. The summed E-state index contributed by atoms with van der Waals surface area (Å²) in [5.41, 5.74) is 0.606. The van der Waals surface area contributed by atoms with Crippen LogP contribution < -0.4 is 15.0 Å². The molecule has 1 N–H and O–H groups in total. The quantitative estimate of drug-likeness (QED) is 0.809. The SMILES string of the molecule is COc1ccc2[nH]c(=O)ccc2c1OC. The molecule has 0 saturated heterocycles. The average Bonchev–Trinajstić information content (AvgIpc) is 2.27. The highest BCUT2D eigenvalue weighted by Crippen LogP contribution is 2.33. The number of fused-ring (bicyclic) bond motifs is 1. The van der Waals surface area contributed by atoms with Crippen molar-refractivity contribution < 1.29 is 9.47 Å². The molecule has 78 valence electrons. The first-order valence-electron chi connectivity index (χ1n) is 4.50. The molecule has 1 heterocycles. The van der Waals surface area contributed by atoms with Gasteiger partial charge >= 0.3 is 0 Å². The third-order valence-corrected chi connectivity index (χ3v) is 2.24. The zero-order valence-corrected chi connectivity index (χ0v) is 8.53. The minimum Gasteiger partial charge on any atom is -0.493 e. The predicted octanol–water partition coefficient (Wildman–Crippen LogP) is 1.55. The van der Waals surface area contributed by atoms with Gasteiger partial charge < -0.3 is 14.5 Å². The van der Waals surface area contributed by atoms with Crippen molar-refractivity contribution in [1.82, 2.24) is 4.98 Å². The van der Waals surface area contributed by atoms with E-state index in [9.17, 15) is 4.79 Å². The van der Waals surface area contributed by atoms with Gasteiger partial charge in [0.15, 0.2) is 11.5 Å². The highest BCUT2D eigenvalue weighted by atomic mass is 16.5. The van der Waals surface area contributed by atoms with Gasteiger partial charge in [0.05, 0.1) is 19.7 Å². The molecule has 0 amide bonds. The van der Waals surface area contributed by atoms with Crippen molar-refractivity contribution in [1.29, 1.82) is 0 Å². The zero-order chi connectivity index (χ0) is 10.8. The lowest BCUT2D eigenvalue weighted by Gasteiger charge is -2.09. The van der Waals surface area contributed by atoms with E-state index in [4.69, 9.17) is 9.47 Å². The van der Waals surface area contributed by atoms with Gasteiger partial charge in [-0.3, -0.25) is 4.79 Å². The Morgan fingerprint density at radius 2 is 1.87 bits per heavy atom. The summed E-state index contributed by atoms with van der Waals surface area (Å²) in [6.07, 6.45) is 0. The van der Waals surface area contributed by atoms with Crippen molar-refractivity contribution >= 4 is 10.9 Å². The van der Waals surface area contributed by atoms with E-state index < -0.39 is 0 Å². The van der Waals surface area contributed by atoms with Crippen LogP contribution in [0.25, 0.3) is 10.9 Å². The fourth-order valence-corrected chi connectivity index (χ4v) is 1.56. The molecule has 15 heavy (non-hydrogen) atoms. The van der Waals surface area contributed by atoms with Crippen LogP contribution in [0, 0.1) is 0 Å². The van der Waals surface area contributed by atoms with Gasteiger partial charge in [0.25, 0.3) is 0 Å². The number of methoxy groups -OCH3 is 2. The fourth-order valence-electron chi connectivity index (χ4n) is 1.56. The molecule has 1 aromatic carbocycles. The van der Waals surface area contributed by atoms with E-state index in [1.165, 1.54) is 6.07 Å². The van der Waals surface area contributed by atoms with Gasteiger partial charge in [0.1, 0.15) is 0 Å². The highest BCUT2D eigenvalue weighted by molar-refractivity contribution is 5.87. The van der Waals surface area contributed by atoms with E-state index >= 15 is 0 Å². The molecule has 2 aromatic rings. The van der Waals surface area contributed by atoms with Crippen molar-refractivity contribution in [3.63, 3.8) is 0 Å². The molecule has 4 nitrogen and oxygen atoms in total. The lowest BCUT2D eigenvalue weighted by Crippen LogP contribution is -2.03. The number of hydrogen-bond acceptors (Lipinski definition) is 3. The van der Waals surface area contributed by atoms with Crippen molar-refractivity contribution in [3.05, 3.63) is 34.6 Å². The van der Waals surface area contributed by atoms with Crippen LogP contribution in [0.1, 0.15) is 0 Å². The Labute approximate surface area is 86.5 Å². The minimum absolute atomic E-state index is 0.130.